The molecule has 2 heteroatoms. The van der Waals surface area contributed by atoms with Gasteiger partial charge in [-0.05, 0) is 25.5 Å². The van der Waals surface area contributed by atoms with Gasteiger partial charge >= 0.3 is 0 Å². The summed E-state index contributed by atoms with van der Waals surface area (Å²) in [7, 11) is 0. The Bertz CT molecular complexity index is 347. The number of Topliss-reactive ketones (excluding diaryl/α,β-unsaturated/α-hetero) is 1. The third kappa shape index (κ3) is 5.53. The number of carbonyl (C=O) groups excluding carboxylic acids is 1. The molecule has 0 aliphatic heterocycles. The SMILES string of the molecule is CCCCCCCNc1cccc(C(C)=O)c1. The zero-order valence-corrected chi connectivity index (χ0v) is 11.0. The number of unbranched alkanes of at least 4 members (excludes halogenated alkanes) is 4. The zero-order valence-electron chi connectivity index (χ0n) is 11.0. The Morgan fingerprint density at radius 3 is 2.65 bits per heavy atom. The summed E-state index contributed by atoms with van der Waals surface area (Å²) >= 11 is 0. The Morgan fingerprint density at radius 1 is 1.18 bits per heavy atom. The lowest BCUT2D eigenvalue weighted by atomic mass is 10.1. The highest BCUT2D eigenvalue weighted by Crippen LogP contribution is 2.11. The van der Waals surface area contributed by atoms with Gasteiger partial charge in [0.1, 0.15) is 0 Å². The Hall–Kier alpha value is -1.31. The Balaban J connectivity index is 2.27. The van der Waals surface area contributed by atoms with Gasteiger partial charge in [-0.3, -0.25) is 4.79 Å². The van der Waals surface area contributed by atoms with Gasteiger partial charge in [0.25, 0.3) is 0 Å². The molecule has 0 unspecified atom stereocenters. The third-order valence-corrected chi connectivity index (χ3v) is 2.88. The van der Waals surface area contributed by atoms with Crippen molar-refractivity contribution in [3.8, 4) is 0 Å². The van der Waals surface area contributed by atoms with Crippen molar-refractivity contribution in [1.82, 2.24) is 0 Å². The van der Waals surface area contributed by atoms with Crippen LogP contribution in [0.15, 0.2) is 24.3 Å². The van der Waals surface area contributed by atoms with E-state index in [0.717, 1.165) is 17.8 Å². The van der Waals surface area contributed by atoms with Crippen LogP contribution in [0.4, 0.5) is 5.69 Å². The summed E-state index contributed by atoms with van der Waals surface area (Å²) in [6, 6.07) is 7.72. The van der Waals surface area contributed by atoms with Gasteiger partial charge in [-0.2, -0.15) is 0 Å². The number of rotatable bonds is 8. The molecular weight excluding hydrogens is 210 g/mol. The molecule has 0 spiro atoms. The smallest absolute Gasteiger partial charge is 0.159 e. The molecule has 0 aromatic heterocycles. The van der Waals surface area contributed by atoms with Crippen LogP contribution in [0.5, 0.6) is 0 Å². The van der Waals surface area contributed by atoms with Crippen molar-refractivity contribution in [2.45, 2.75) is 46.0 Å². The molecule has 0 bridgehead atoms. The van der Waals surface area contributed by atoms with Crippen LogP contribution < -0.4 is 5.32 Å². The normalized spacial score (nSPS) is 10.2. The van der Waals surface area contributed by atoms with E-state index in [4.69, 9.17) is 0 Å². The van der Waals surface area contributed by atoms with Crippen molar-refractivity contribution in [3.05, 3.63) is 29.8 Å². The number of ketones is 1. The van der Waals surface area contributed by atoms with E-state index >= 15 is 0 Å². The summed E-state index contributed by atoms with van der Waals surface area (Å²) in [5.41, 5.74) is 1.83. The van der Waals surface area contributed by atoms with E-state index in [-0.39, 0.29) is 5.78 Å². The molecule has 1 aromatic rings. The minimum absolute atomic E-state index is 0.122. The van der Waals surface area contributed by atoms with E-state index in [1.807, 2.05) is 24.3 Å². The second kappa shape index (κ2) is 7.88. The standard InChI is InChI=1S/C15H23NO/c1-3-4-5-6-7-11-16-15-10-8-9-14(12-15)13(2)17/h8-10,12,16H,3-7,11H2,1-2H3. The lowest BCUT2D eigenvalue weighted by Crippen LogP contribution is -2.02. The molecule has 0 atom stereocenters. The summed E-state index contributed by atoms with van der Waals surface area (Å²) in [5.74, 6) is 0.122. The topological polar surface area (TPSA) is 29.1 Å². The van der Waals surface area contributed by atoms with Crippen molar-refractivity contribution < 1.29 is 4.79 Å². The molecule has 94 valence electrons. The lowest BCUT2D eigenvalue weighted by Gasteiger charge is -2.07. The van der Waals surface area contributed by atoms with Crippen LogP contribution in [-0.2, 0) is 0 Å². The molecule has 1 aromatic carbocycles. The predicted molar refractivity (Wildman–Crippen MR) is 73.7 cm³/mol. The van der Waals surface area contributed by atoms with Gasteiger partial charge in [0.15, 0.2) is 5.78 Å². The summed E-state index contributed by atoms with van der Waals surface area (Å²) < 4.78 is 0. The Kier molecular flexibility index (Phi) is 6.38. The van der Waals surface area contributed by atoms with Crippen molar-refractivity contribution in [1.29, 1.82) is 0 Å². The van der Waals surface area contributed by atoms with Crippen LogP contribution in [0.2, 0.25) is 0 Å². The lowest BCUT2D eigenvalue weighted by molar-refractivity contribution is 0.101. The van der Waals surface area contributed by atoms with E-state index in [1.54, 1.807) is 6.92 Å². The predicted octanol–water partition coefficient (Wildman–Crippen LogP) is 4.27. The zero-order chi connectivity index (χ0) is 12.5. The van der Waals surface area contributed by atoms with Crippen LogP contribution in [0, 0.1) is 0 Å². The molecule has 0 heterocycles. The maximum Gasteiger partial charge on any atom is 0.159 e. The number of hydrogen-bond acceptors (Lipinski definition) is 2. The molecule has 17 heavy (non-hydrogen) atoms. The van der Waals surface area contributed by atoms with Crippen molar-refractivity contribution in [2.24, 2.45) is 0 Å². The molecule has 0 saturated heterocycles. The van der Waals surface area contributed by atoms with Gasteiger partial charge in [0.2, 0.25) is 0 Å². The number of benzene rings is 1. The van der Waals surface area contributed by atoms with Crippen LogP contribution in [0.25, 0.3) is 0 Å². The molecule has 0 saturated carbocycles. The number of carbonyl (C=O) groups is 1. The van der Waals surface area contributed by atoms with Gasteiger partial charge in [0, 0.05) is 17.8 Å². The fourth-order valence-electron chi connectivity index (χ4n) is 1.81. The van der Waals surface area contributed by atoms with E-state index in [1.165, 1.54) is 32.1 Å². The number of nitrogens with one attached hydrogen (secondary N) is 1. The van der Waals surface area contributed by atoms with E-state index in [9.17, 15) is 4.79 Å². The summed E-state index contributed by atoms with van der Waals surface area (Å²) in [6.45, 7) is 4.82. The first kappa shape index (κ1) is 13.8. The second-order valence-corrected chi connectivity index (χ2v) is 4.48. The monoisotopic (exact) mass is 233 g/mol. The minimum Gasteiger partial charge on any atom is -0.385 e. The largest absolute Gasteiger partial charge is 0.385 e. The molecular formula is C15H23NO. The summed E-state index contributed by atoms with van der Waals surface area (Å²) in [5, 5.41) is 3.36. The highest BCUT2D eigenvalue weighted by molar-refractivity contribution is 5.94. The molecule has 0 aliphatic rings. The highest BCUT2D eigenvalue weighted by Gasteiger charge is 1.99. The fourth-order valence-corrected chi connectivity index (χ4v) is 1.81. The van der Waals surface area contributed by atoms with Gasteiger partial charge in [-0.1, -0.05) is 44.7 Å². The van der Waals surface area contributed by atoms with E-state index in [2.05, 4.69) is 12.2 Å². The van der Waals surface area contributed by atoms with Gasteiger partial charge in [0.05, 0.1) is 0 Å². The van der Waals surface area contributed by atoms with Gasteiger partial charge in [-0.25, -0.2) is 0 Å². The van der Waals surface area contributed by atoms with Crippen LogP contribution in [0.1, 0.15) is 56.3 Å². The van der Waals surface area contributed by atoms with E-state index < -0.39 is 0 Å². The molecule has 1 N–H and O–H groups in total. The van der Waals surface area contributed by atoms with E-state index in [0.29, 0.717) is 0 Å². The highest BCUT2D eigenvalue weighted by atomic mass is 16.1. The molecule has 0 radical (unpaired) electrons. The first-order chi connectivity index (χ1) is 8.24. The molecule has 0 amide bonds. The molecule has 0 fully saturated rings. The Labute approximate surface area is 104 Å². The quantitative estimate of drug-likeness (QED) is 0.536. The van der Waals surface area contributed by atoms with Crippen molar-refractivity contribution in [2.75, 3.05) is 11.9 Å². The van der Waals surface area contributed by atoms with Crippen LogP contribution in [0.3, 0.4) is 0 Å². The number of anilines is 1. The Morgan fingerprint density at radius 2 is 1.94 bits per heavy atom. The van der Waals surface area contributed by atoms with Crippen molar-refractivity contribution >= 4 is 11.5 Å². The van der Waals surface area contributed by atoms with Crippen LogP contribution >= 0.6 is 0 Å². The fraction of sp³-hybridized carbons (Fsp3) is 0.533. The maximum atomic E-state index is 11.2. The second-order valence-electron chi connectivity index (χ2n) is 4.48. The molecule has 2 nitrogen and oxygen atoms in total. The maximum absolute atomic E-state index is 11.2. The van der Waals surface area contributed by atoms with Gasteiger partial charge < -0.3 is 5.32 Å². The van der Waals surface area contributed by atoms with Crippen LogP contribution in [-0.4, -0.2) is 12.3 Å². The average Bonchev–Trinajstić information content (AvgIpc) is 2.34. The van der Waals surface area contributed by atoms with Crippen molar-refractivity contribution in [3.63, 3.8) is 0 Å². The molecule has 0 aliphatic carbocycles. The molecule has 1 rings (SSSR count). The average molecular weight is 233 g/mol. The summed E-state index contributed by atoms with van der Waals surface area (Å²) in [6.07, 6.45) is 6.43. The van der Waals surface area contributed by atoms with Gasteiger partial charge in [-0.15, -0.1) is 0 Å². The minimum atomic E-state index is 0.122. The number of hydrogen-bond donors (Lipinski definition) is 1. The third-order valence-electron chi connectivity index (χ3n) is 2.88. The first-order valence-corrected chi connectivity index (χ1v) is 6.59. The summed E-state index contributed by atoms with van der Waals surface area (Å²) in [4.78, 5) is 11.2. The first-order valence-electron chi connectivity index (χ1n) is 6.59.